The maximum Gasteiger partial charge on any atom is 0.416 e. The van der Waals surface area contributed by atoms with Crippen LogP contribution in [0.15, 0.2) is 28.8 Å². The molecule has 1 aliphatic rings. The molecule has 1 aromatic heterocycles. The van der Waals surface area contributed by atoms with Gasteiger partial charge in [-0.1, -0.05) is 23.4 Å². The lowest BCUT2D eigenvalue weighted by Crippen LogP contribution is -2.15. The van der Waals surface area contributed by atoms with Crippen molar-refractivity contribution in [3.05, 3.63) is 46.8 Å². The van der Waals surface area contributed by atoms with Gasteiger partial charge in [0.05, 0.1) is 5.56 Å². The normalized spacial score (nSPS) is 20.4. The number of carbonyl (C=O) groups is 1. The van der Waals surface area contributed by atoms with E-state index in [0.717, 1.165) is 12.1 Å². The van der Waals surface area contributed by atoms with Crippen LogP contribution in [0.2, 0.25) is 0 Å². The van der Waals surface area contributed by atoms with Gasteiger partial charge in [0.2, 0.25) is 5.91 Å². The molecule has 0 radical (unpaired) electrons. The molecule has 4 nitrogen and oxygen atoms in total. The van der Waals surface area contributed by atoms with Crippen molar-refractivity contribution >= 4 is 11.6 Å². The number of alkyl halides is 3. The van der Waals surface area contributed by atoms with Gasteiger partial charge in [0, 0.05) is 5.92 Å². The minimum absolute atomic E-state index is 0.183. The molecule has 7 heteroatoms. The number of aryl methyl sites for hydroxylation is 2. The van der Waals surface area contributed by atoms with Crippen LogP contribution in [0.3, 0.4) is 0 Å². The van der Waals surface area contributed by atoms with Crippen LogP contribution in [0.25, 0.3) is 0 Å². The van der Waals surface area contributed by atoms with E-state index in [9.17, 15) is 18.0 Å². The van der Waals surface area contributed by atoms with E-state index < -0.39 is 11.7 Å². The van der Waals surface area contributed by atoms with E-state index in [1.165, 1.54) is 6.07 Å². The first-order valence-electron chi connectivity index (χ1n) is 7.18. The largest absolute Gasteiger partial charge is 0.416 e. The lowest BCUT2D eigenvalue weighted by Gasteiger charge is -2.08. The Bertz CT molecular complexity index is 733. The van der Waals surface area contributed by atoms with Gasteiger partial charge in [-0.25, -0.2) is 0 Å². The zero-order valence-corrected chi connectivity index (χ0v) is 12.6. The number of rotatable bonds is 3. The van der Waals surface area contributed by atoms with Crippen molar-refractivity contribution in [2.75, 3.05) is 5.32 Å². The highest BCUT2D eigenvalue weighted by atomic mass is 19.4. The van der Waals surface area contributed by atoms with Crippen LogP contribution in [0, 0.1) is 19.8 Å². The summed E-state index contributed by atoms with van der Waals surface area (Å²) in [7, 11) is 0. The lowest BCUT2D eigenvalue weighted by atomic mass is 10.1. The topological polar surface area (TPSA) is 55.1 Å². The molecule has 122 valence electrons. The van der Waals surface area contributed by atoms with E-state index in [4.69, 9.17) is 4.52 Å². The number of amides is 1. The van der Waals surface area contributed by atoms with Gasteiger partial charge in [-0.3, -0.25) is 4.79 Å². The number of nitrogens with one attached hydrogen (secondary N) is 1. The second-order valence-electron chi connectivity index (χ2n) is 5.76. The Kier molecular flexibility index (Phi) is 3.66. The zero-order valence-electron chi connectivity index (χ0n) is 12.6. The van der Waals surface area contributed by atoms with E-state index in [2.05, 4.69) is 10.5 Å². The van der Waals surface area contributed by atoms with Crippen molar-refractivity contribution < 1.29 is 22.5 Å². The first-order valence-corrected chi connectivity index (χ1v) is 7.18. The number of hydrogen-bond donors (Lipinski definition) is 1. The van der Waals surface area contributed by atoms with Crippen LogP contribution in [-0.2, 0) is 11.0 Å². The Balaban J connectivity index is 1.71. The molecule has 0 spiro atoms. The van der Waals surface area contributed by atoms with E-state index in [1.807, 2.05) is 0 Å². The summed E-state index contributed by atoms with van der Waals surface area (Å²) in [5.74, 6) is -0.223. The third-order valence-electron chi connectivity index (χ3n) is 4.05. The predicted molar refractivity (Wildman–Crippen MR) is 76.9 cm³/mol. The first-order chi connectivity index (χ1) is 10.8. The molecule has 1 aliphatic carbocycles. The van der Waals surface area contributed by atoms with Gasteiger partial charge < -0.3 is 9.84 Å². The Morgan fingerprint density at radius 3 is 2.70 bits per heavy atom. The van der Waals surface area contributed by atoms with Gasteiger partial charge in [0.25, 0.3) is 0 Å². The zero-order chi connectivity index (χ0) is 16.8. The van der Waals surface area contributed by atoms with Crippen molar-refractivity contribution in [2.45, 2.75) is 32.4 Å². The molecule has 2 atom stereocenters. The SMILES string of the molecule is Cc1noc(C)c1NC(=O)[C@H]1C[C@@H]1c1cccc(C(F)(F)F)c1. The third-order valence-corrected chi connectivity index (χ3v) is 4.05. The van der Waals surface area contributed by atoms with Gasteiger partial charge in [-0.15, -0.1) is 0 Å². The molecule has 1 heterocycles. The smallest absolute Gasteiger partial charge is 0.359 e. The maximum absolute atomic E-state index is 12.8. The van der Waals surface area contributed by atoms with Crippen LogP contribution >= 0.6 is 0 Å². The van der Waals surface area contributed by atoms with Gasteiger partial charge in [0.1, 0.15) is 11.4 Å². The molecule has 0 aliphatic heterocycles. The summed E-state index contributed by atoms with van der Waals surface area (Å²) in [5, 5.41) is 6.50. The van der Waals surface area contributed by atoms with E-state index in [1.54, 1.807) is 19.9 Å². The highest BCUT2D eigenvalue weighted by molar-refractivity contribution is 5.96. The average Bonchev–Trinajstić information content (AvgIpc) is 3.24. The molecule has 1 fully saturated rings. The number of nitrogens with zero attached hydrogens (tertiary/aromatic N) is 1. The third kappa shape index (κ3) is 3.09. The van der Waals surface area contributed by atoms with Crippen molar-refractivity contribution in [1.29, 1.82) is 0 Å². The molecule has 0 unspecified atom stereocenters. The van der Waals surface area contributed by atoms with Crippen LogP contribution in [0.5, 0.6) is 0 Å². The molecule has 1 aromatic carbocycles. The Morgan fingerprint density at radius 2 is 2.09 bits per heavy atom. The standard InChI is InChI=1S/C16H15F3N2O2/c1-8-14(9(2)23-21-8)20-15(22)13-7-12(13)10-4-3-5-11(6-10)16(17,18)19/h3-6,12-13H,7H2,1-2H3,(H,20,22)/t12-,13+/m1/s1. The molecule has 0 saturated heterocycles. The van der Waals surface area contributed by atoms with Gasteiger partial charge >= 0.3 is 6.18 Å². The fourth-order valence-electron chi connectivity index (χ4n) is 2.68. The van der Waals surface area contributed by atoms with Crippen LogP contribution in [-0.4, -0.2) is 11.1 Å². The molecular weight excluding hydrogens is 309 g/mol. The summed E-state index contributed by atoms with van der Waals surface area (Å²) in [6, 6.07) is 5.15. The lowest BCUT2D eigenvalue weighted by molar-refractivity contribution is -0.137. The van der Waals surface area contributed by atoms with Gasteiger partial charge in [-0.2, -0.15) is 13.2 Å². The van der Waals surface area contributed by atoms with Gasteiger partial charge in [-0.05, 0) is 37.8 Å². The summed E-state index contributed by atoms with van der Waals surface area (Å²) in [6.45, 7) is 3.40. The van der Waals surface area contributed by atoms with Crippen LogP contribution in [0.4, 0.5) is 18.9 Å². The predicted octanol–water partition coefficient (Wildman–Crippen LogP) is 4.05. The Morgan fingerprint density at radius 1 is 1.35 bits per heavy atom. The van der Waals surface area contributed by atoms with E-state index >= 15 is 0 Å². The number of anilines is 1. The highest BCUT2D eigenvalue weighted by Gasteiger charge is 2.45. The summed E-state index contributed by atoms with van der Waals surface area (Å²) < 4.78 is 43.2. The summed E-state index contributed by atoms with van der Waals surface area (Å²) >= 11 is 0. The average molecular weight is 324 g/mol. The first kappa shape index (κ1) is 15.6. The van der Waals surface area contributed by atoms with Gasteiger partial charge in [0.15, 0.2) is 5.76 Å². The molecule has 2 aromatic rings. The Hall–Kier alpha value is -2.31. The van der Waals surface area contributed by atoms with E-state index in [0.29, 0.717) is 29.1 Å². The summed E-state index contributed by atoms with van der Waals surface area (Å²) in [5.41, 5.74) is 0.960. The van der Waals surface area contributed by atoms with Crippen molar-refractivity contribution in [3.8, 4) is 0 Å². The highest BCUT2D eigenvalue weighted by Crippen LogP contribution is 2.49. The fraction of sp³-hybridized carbons (Fsp3) is 0.375. The maximum atomic E-state index is 12.8. The number of carbonyl (C=O) groups excluding carboxylic acids is 1. The molecular formula is C16H15F3N2O2. The number of halogens is 3. The molecule has 3 rings (SSSR count). The molecule has 1 amide bonds. The minimum Gasteiger partial charge on any atom is -0.359 e. The summed E-state index contributed by atoms with van der Waals surface area (Å²) in [6.07, 6.45) is -3.84. The molecule has 0 bridgehead atoms. The van der Waals surface area contributed by atoms with Crippen LogP contribution < -0.4 is 5.32 Å². The monoisotopic (exact) mass is 324 g/mol. The fourth-order valence-corrected chi connectivity index (χ4v) is 2.68. The quantitative estimate of drug-likeness (QED) is 0.926. The van der Waals surface area contributed by atoms with Crippen molar-refractivity contribution in [1.82, 2.24) is 5.16 Å². The number of hydrogen-bond acceptors (Lipinski definition) is 3. The second-order valence-corrected chi connectivity index (χ2v) is 5.76. The minimum atomic E-state index is -4.38. The second kappa shape index (κ2) is 5.40. The molecule has 1 N–H and O–H groups in total. The molecule has 23 heavy (non-hydrogen) atoms. The van der Waals surface area contributed by atoms with Crippen molar-refractivity contribution in [3.63, 3.8) is 0 Å². The number of benzene rings is 1. The van der Waals surface area contributed by atoms with Crippen molar-refractivity contribution in [2.24, 2.45) is 5.92 Å². The number of aromatic nitrogens is 1. The Labute approximate surface area is 130 Å². The molecule has 1 saturated carbocycles. The van der Waals surface area contributed by atoms with E-state index in [-0.39, 0.29) is 17.7 Å². The van der Waals surface area contributed by atoms with Crippen LogP contribution in [0.1, 0.15) is 34.9 Å². The summed E-state index contributed by atoms with van der Waals surface area (Å²) in [4.78, 5) is 12.2.